The topological polar surface area (TPSA) is 172 Å². The van der Waals surface area contributed by atoms with Crippen molar-refractivity contribution < 1.29 is 47.5 Å². The fraction of sp³-hybridized carbons (Fsp3) is 0.865. The van der Waals surface area contributed by atoms with E-state index in [1.54, 1.807) is 0 Å². The third-order valence-electron chi connectivity index (χ3n) is 11.7. The molecule has 376 valence electrons. The number of unbranched alkanes of at least 4 members (excludes halogenated alkanes) is 32. The van der Waals surface area contributed by atoms with Crippen molar-refractivity contribution in [3.8, 4) is 0 Å². The second kappa shape index (κ2) is 47.5. The van der Waals surface area contributed by atoms with Crippen LogP contribution >= 0.6 is 7.82 Å². The SMILES string of the molecule is CCCCCC/C=C\C/C=C\CCCCCCCC(=O)OC(COC(=O)CCCCCCCCCCCCCCCCCCCCCCCCCC)COP(=O)(O)OCC(N)C(=O)O. The maximum absolute atomic E-state index is 12.7. The average Bonchev–Trinajstić information content (AvgIpc) is 3.27. The van der Waals surface area contributed by atoms with Crippen LogP contribution in [0.1, 0.15) is 258 Å². The molecule has 0 aliphatic rings. The summed E-state index contributed by atoms with van der Waals surface area (Å²) in [6, 6.07) is -1.52. The van der Waals surface area contributed by atoms with Crippen molar-refractivity contribution in [2.24, 2.45) is 5.73 Å². The van der Waals surface area contributed by atoms with Crippen molar-refractivity contribution >= 4 is 25.7 Å². The molecule has 0 saturated carbocycles. The molecule has 0 rings (SSSR count). The number of ether oxygens (including phenoxy) is 2. The number of hydrogen-bond acceptors (Lipinski definition) is 9. The zero-order valence-electron chi connectivity index (χ0n) is 41.1. The fourth-order valence-corrected chi connectivity index (χ4v) is 8.35. The molecule has 0 heterocycles. The van der Waals surface area contributed by atoms with Gasteiger partial charge in [-0.1, -0.05) is 224 Å². The molecule has 3 unspecified atom stereocenters. The number of aliphatic carboxylic acids is 1. The van der Waals surface area contributed by atoms with Crippen LogP contribution in [-0.4, -0.2) is 59.9 Å². The van der Waals surface area contributed by atoms with Gasteiger partial charge in [0.25, 0.3) is 0 Å². The van der Waals surface area contributed by atoms with Crippen LogP contribution in [0.3, 0.4) is 0 Å². The normalized spacial score (nSPS) is 13.7. The summed E-state index contributed by atoms with van der Waals surface area (Å²) in [7, 11) is -4.72. The molecule has 3 atom stereocenters. The molecule has 0 radical (unpaired) electrons. The Morgan fingerprint density at radius 1 is 0.484 bits per heavy atom. The van der Waals surface area contributed by atoms with E-state index in [9.17, 15) is 23.8 Å². The predicted octanol–water partition coefficient (Wildman–Crippen LogP) is 15.0. The number of phosphoric ester groups is 1. The standard InChI is InChI=1S/C52H98NO10P/c1-3-5-7-9-11-13-15-17-19-21-22-23-24-25-26-27-28-30-31-33-35-37-39-41-43-50(54)60-45-48(46-61-64(58,59)62-47-49(53)52(56)57)63-51(55)44-42-40-38-36-34-32-29-20-18-16-14-12-10-8-6-4-2/h14,16,20,29,48-49H,3-13,15,17-19,21-28,30-47,53H2,1-2H3,(H,56,57)(H,58,59)/b16-14-,29-20-. The van der Waals surface area contributed by atoms with Crippen LogP contribution in [0.15, 0.2) is 24.3 Å². The molecule has 0 amide bonds. The first-order valence-electron chi connectivity index (χ1n) is 26.4. The van der Waals surface area contributed by atoms with Crippen LogP contribution in [-0.2, 0) is 37.5 Å². The number of allylic oxidation sites excluding steroid dienone is 4. The number of hydrogen-bond donors (Lipinski definition) is 3. The first kappa shape index (κ1) is 62.0. The third kappa shape index (κ3) is 46.5. The van der Waals surface area contributed by atoms with Gasteiger partial charge in [0, 0.05) is 12.8 Å². The van der Waals surface area contributed by atoms with Crippen LogP contribution in [0.5, 0.6) is 0 Å². The fourth-order valence-electron chi connectivity index (χ4n) is 7.57. The van der Waals surface area contributed by atoms with Crippen molar-refractivity contribution in [3.63, 3.8) is 0 Å². The Kier molecular flexibility index (Phi) is 45.9. The predicted molar refractivity (Wildman–Crippen MR) is 263 cm³/mol. The van der Waals surface area contributed by atoms with E-state index in [2.05, 4.69) is 42.7 Å². The minimum atomic E-state index is -4.72. The Morgan fingerprint density at radius 3 is 1.23 bits per heavy atom. The molecule has 0 spiro atoms. The highest BCUT2D eigenvalue weighted by molar-refractivity contribution is 7.47. The van der Waals surface area contributed by atoms with Gasteiger partial charge in [0.15, 0.2) is 6.10 Å². The van der Waals surface area contributed by atoms with Crippen LogP contribution in [0.4, 0.5) is 0 Å². The van der Waals surface area contributed by atoms with Gasteiger partial charge in [0.2, 0.25) is 0 Å². The highest BCUT2D eigenvalue weighted by atomic mass is 31.2. The first-order chi connectivity index (χ1) is 31.1. The van der Waals surface area contributed by atoms with E-state index >= 15 is 0 Å². The highest BCUT2D eigenvalue weighted by Gasteiger charge is 2.28. The first-order valence-corrected chi connectivity index (χ1v) is 27.9. The molecule has 0 aliphatic heterocycles. The number of rotatable bonds is 50. The molecule has 0 aromatic carbocycles. The number of carbonyl (C=O) groups excluding carboxylic acids is 2. The number of nitrogens with two attached hydrogens (primary N) is 1. The monoisotopic (exact) mass is 928 g/mol. The molecule has 0 saturated heterocycles. The van der Waals surface area contributed by atoms with E-state index in [4.69, 9.17) is 24.8 Å². The van der Waals surface area contributed by atoms with Gasteiger partial charge in [-0.25, -0.2) is 4.57 Å². The van der Waals surface area contributed by atoms with Crippen molar-refractivity contribution in [3.05, 3.63) is 24.3 Å². The zero-order valence-corrected chi connectivity index (χ0v) is 42.0. The zero-order chi connectivity index (χ0) is 47.0. The second-order valence-corrected chi connectivity index (χ2v) is 19.5. The Labute approximate surface area is 391 Å². The summed E-state index contributed by atoms with van der Waals surface area (Å²) in [4.78, 5) is 46.2. The molecule has 0 aromatic heterocycles. The van der Waals surface area contributed by atoms with E-state index in [-0.39, 0.29) is 19.4 Å². The van der Waals surface area contributed by atoms with Gasteiger partial charge in [0.1, 0.15) is 12.6 Å². The van der Waals surface area contributed by atoms with Crippen LogP contribution in [0.2, 0.25) is 0 Å². The van der Waals surface area contributed by atoms with Gasteiger partial charge in [-0.3, -0.25) is 23.4 Å². The Hall–Kier alpha value is -2.04. The molecule has 64 heavy (non-hydrogen) atoms. The van der Waals surface area contributed by atoms with Crippen molar-refractivity contribution in [1.29, 1.82) is 0 Å². The molecule has 12 heteroatoms. The lowest BCUT2D eigenvalue weighted by Crippen LogP contribution is -2.34. The van der Waals surface area contributed by atoms with E-state index in [0.717, 1.165) is 64.2 Å². The number of carboxylic acids is 1. The Bertz CT molecular complexity index is 1180. The molecule has 0 aliphatic carbocycles. The van der Waals surface area contributed by atoms with Gasteiger partial charge >= 0.3 is 25.7 Å². The summed E-state index contributed by atoms with van der Waals surface area (Å²) in [6.45, 7) is 2.82. The molecule has 0 fully saturated rings. The molecule has 0 aromatic rings. The maximum Gasteiger partial charge on any atom is 0.472 e. The Balaban J connectivity index is 4.16. The molecular formula is C52H98NO10P. The van der Waals surface area contributed by atoms with E-state index in [1.165, 1.54) is 154 Å². The quantitative estimate of drug-likeness (QED) is 0.0229. The summed E-state index contributed by atoms with van der Waals surface area (Å²) in [5.74, 6) is -2.38. The summed E-state index contributed by atoms with van der Waals surface area (Å²) in [5.41, 5.74) is 5.35. The van der Waals surface area contributed by atoms with Gasteiger partial charge < -0.3 is 25.2 Å². The summed E-state index contributed by atoms with van der Waals surface area (Å²) >= 11 is 0. The minimum absolute atomic E-state index is 0.148. The molecule has 11 nitrogen and oxygen atoms in total. The van der Waals surface area contributed by atoms with Crippen LogP contribution < -0.4 is 5.73 Å². The third-order valence-corrected chi connectivity index (χ3v) is 12.7. The Morgan fingerprint density at radius 2 is 0.828 bits per heavy atom. The molecule has 0 bridgehead atoms. The lowest BCUT2D eigenvalue weighted by molar-refractivity contribution is -0.161. The van der Waals surface area contributed by atoms with Crippen LogP contribution in [0.25, 0.3) is 0 Å². The van der Waals surface area contributed by atoms with Crippen LogP contribution in [0, 0.1) is 0 Å². The van der Waals surface area contributed by atoms with Gasteiger partial charge in [-0.05, 0) is 44.9 Å². The maximum atomic E-state index is 12.7. The summed E-state index contributed by atoms with van der Waals surface area (Å²) < 4.78 is 32.8. The van der Waals surface area contributed by atoms with Crippen molar-refractivity contribution in [2.45, 2.75) is 270 Å². The summed E-state index contributed by atoms with van der Waals surface area (Å²) in [5, 5.41) is 8.92. The van der Waals surface area contributed by atoms with E-state index in [0.29, 0.717) is 12.8 Å². The van der Waals surface area contributed by atoms with Crippen molar-refractivity contribution in [1.82, 2.24) is 0 Å². The summed E-state index contributed by atoms with van der Waals surface area (Å²) in [6.07, 6.45) is 52.5. The number of phosphoric acid groups is 1. The highest BCUT2D eigenvalue weighted by Crippen LogP contribution is 2.43. The average molecular weight is 928 g/mol. The van der Waals surface area contributed by atoms with Gasteiger partial charge in [-0.2, -0.15) is 0 Å². The number of carbonyl (C=O) groups is 3. The number of carboxylic acid groups (broad SMARTS) is 1. The lowest BCUT2D eigenvalue weighted by Gasteiger charge is -2.20. The number of esters is 2. The second-order valence-electron chi connectivity index (χ2n) is 18.0. The van der Waals surface area contributed by atoms with E-state index < -0.39 is 51.1 Å². The lowest BCUT2D eigenvalue weighted by atomic mass is 10.0. The van der Waals surface area contributed by atoms with Gasteiger partial charge in [-0.15, -0.1) is 0 Å². The van der Waals surface area contributed by atoms with E-state index in [1.807, 2.05) is 0 Å². The van der Waals surface area contributed by atoms with Gasteiger partial charge in [0.05, 0.1) is 13.2 Å². The molecule has 4 N–H and O–H groups in total. The molecular weight excluding hydrogens is 830 g/mol. The largest absolute Gasteiger partial charge is 0.480 e. The van der Waals surface area contributed by atoms with Crippen molar-refractivity contribution in [2.75, 3.05) is 19.8 Å². The minimum Gasteiger partial charge on any atom is -0.480 e. The smallest absolute Gasteiger partial charge is 0.472 e.